The summed E-state index contributed by atoms with van der Waals surface area (Å²) >= 11 is 0. The predicted molar refractivity (Wildman–Crippen MR) is 84.7 cm³/mol. The molecule has 0 bridgehead atoms. The Morgan fingerprint density at radius 1 is 1.35 bits per heavy atom. The van der Waals surface area contributed by atoms with Crippen molar-refractivity contribution >= 4 is 0 Å². The highest BCUT2D eigenvalue weighted by Crippen LogP contribution is 2.42. The quantitative estimate of drug-likeness (QED) is 0.846. The summed E-state index contributed by atoms with van der Waals surface area (Å²) in [6.07, 6.45) is 10.8. The molecule has 1 aliphatic carbocycles. The van der Waals surface area contributed by atoms with Crippen LogP contribution in [0.2, 0.25) is 0 Å². The third-order valence-electron chi connectivity index (χ3n) is 4.74. The molecule has 1 atom stereocenters. The topological polar surface area (TPSA) is 29.9 Å². The molecule has 1 saturated carbocycles. The number of rotatable bonds is 6. The van der Waals surface area contributed by atoms with Crippen LogP contribution in [-0.2, 0) is 6.54 Å². The summed E-state index contributed by atoms with van der Waals surface area (Å²) in [6, 6.07) is 0.488. The fourth-order valence-electron chi connectivity index (χ4n) is 3.42. The third kappa shape index (κ3) is 3.85. The van der Waals surface area contributed by atoms with Gasteiger partial charge in [0.05, 0.1) is 6.20 Å². The average Bonchev–Trinajstić information content (AvgIpc) is 2.85. The van der Waals surface area contributed by atoms with Gasteiger partial charge in [-0.05, 0) is 50.0 Å². The number of aryl methyl sites for hydroxylation is 1. The summed E-state index contributed by atoms with van der Waals surface area (Å²) in [7, 11) is 0. The molecule has 20 heavy (non-hydrogen) atoms. The summed E-state index contributed by atoms with van der Waals surface area (Å²) in [4.78, 5) is 0. The second-order valence-electron chi connectivity index (χ2n) is 7.07. The predicted octanol–water partition coefficient (Wildman–Crippen LogP) is 4.16. The minimum Gasteiger partial charge on any atom is -0.310 e. The lowest BCUT2D eigenvalue weighted by atomic mass is 9.70. The van der Waals surface area contributed by atoms with Gasteiger partial charge in [0.15, 0.2) is 0 Å². The van der Waals surface area contributed by atoms with Gasteiger partial charge in [0, 0.05) is 24.3 Å². The molecule has 0 aliphatic heterocycles. The van der Waals surface area contributed by atoms with Crippen LogP contribution in [0.25, 0.3) is 0 Å². The van der Waals surface area contributed by atoms with Gasteiger partial charge >= 0.3 is 0 Å². The van der Waals surface area contributed by atoms with E-state index in [-0.39, 0.29) is 0 Å². The molecule has 1 aromatic heterocycles. The first kappa shape index (κ1) is 15.6. The van der Waals surface area contributed by atoms with Crippen molar-refractivity contribution in [1.82, 2.24) is 15.1 Å². The zero-order valence-electron chi connectivity index (χ0n) is 13.7. The molecule has 1 unspecified atom stereocenters. The molecule has 1 aliphatic rings. The number of aromatic nitrogens is 2. The van der Waals surface area contributed by atoms with E-state index in [2.05, 4.69) is 55.2 Å². The van der Waals surface area contributed by atoms with E-state index < -0.39 is 0 Å². The van der Waals surface area contributed by atoms with Crippen molar-refractivity contribution in [3.63, 3.8) is 0 Å². The van der Waals surface area contributed by atoms with E-state index in [4.69, 9.17) is 0 Å². The highest BCUT2D eigenvalue weighted by molar-refractivity contribution is 5.12. The molecule has 114 valence electrons. The molecule has 0 aromatic carbocycles. The molecule has 3 nitrogen and oxygen atoms in total. The Morgan fingerprint density at radius 3 is 2.65 bits per heavy atom. The largest absolute Gasteiger partial charge is 0.310 e. The van der Waals surface area contributed by atoms with Crippen molar-refractivity contribution in [3.8, 4) is 0 Å². The molecule has 3 heteroatoms. The molecule has 1 N–H and O–H groups in total. The van der Waals surface area contributed by atoms with Crippen LogP contribution in [-0.4, -0.2) is 16.3 Å². The van der Waals surface area contributed by atoms with Crippen LogP contribution < -0.4 is 5.32 Å². The Balaban J connectivity index is 2.06. The Morgan fingerprint density at radius 2 is 2.05 bits per heavy atom. The lowest BCUT2D eigenvalue weighted by Crippen LogP contribution is -2.32. The van der Waals surface area contributed by atoms with Crippen molar-refractivity contribution in [2.75, 3.05) is 6.54 Å². The van der Waals surface area contributed by atoms with E-state index >= 15 is 0 Å². The third-order valence-corrected chi connectivity index (χ3v) is 4.74. The van der Waals surface area contributed by atoms with Gasteiger partial charge in [-0.15, -0.1) is 0 Å². The van der Waals surface area contributed by atoms with E-state index in [0.717, 1.165) is 25.4 Å². The Labute approximate surface area is 124 Å². The van der Waals surface area contributed by atoms with Crippen molar-refractivity contribution in [2.24, 2.45) is 11.3 Å². The van der Waals surface area contributed by atoms with Crippen LogP contribution in [0.4, 0.5) is 0 Å². The number of nitrogens with one attached hydrogen (secondary N) is 1. The van der Waals surface area contributed by atoms with Crippen LogP contribution in [0.3, 0.4) is 0 Å². The molecular weight excluding hydrogens is 246 g/mol. The lowest BCUT2D eigenvalue weighted by molar-refractivity contribution is 0.162. The van der Waals surface area contributed by atoms with Crippen molar-refractivity contribution in [3.05, 3.63) is 18.0 Å². The average molecular weight is 277 g/mol. The molecule has 2 rings (SSSR count). The molecular formula is C17H31N3. The molecule has 0 radical (unpaired) electrons. The highest BCUT2D eigenvalue weighted by atomic mass is 15.3. The summed E-state index contributed by atoms with van der Waals surface area (Å²) in [5.74, 6) is 0.766. The fraction of sp³-hybridized carbons (Fsp3) is 0.824. The SMILES string of the molecule is CCCn1cc(C(NCC)C2CCC(C)(C)CC2)cn1. The van der Waals surface area contributed by atoms with Gasteiger partial charge in [0.25, 0.3) is 0 Å². The number of nitrogens with zero attached hydrogens (tertiary/aromatic N) is 2. The van der Waals surface area contributed by atoms with Gasteiger partial charge in [0.2, 0.25) is 0 Å². The monoisotopic (exact) mass is 277 g/mol. The number of hydrogen-bond acceptors (Lipinski definition) is 2. The Hall–Kier alpha value is -0.830. The first-order valence-electron chi connectivity index (χ1n) is 8.31. The summed E-state index contributed by atoms with van der Waals surface area (Å²) in [5, 5.41) is 8.21. The summed E-state index contributed by atoms with van der Waals surface area (Å²) in [6.45, 7) is 11.3. The zero-order valence-corrected chi connectivity index (χ0v) is 13.7. The van der Waals surface area contributed by atoms with Gasteiger partial charge < -0.3 is 5.32 Å². The van der Waals surface area contributed by atoms with Crippen LogP contribution >= 0.6 is 0 Å². The van der Waals surface area contributed by atoms with Crippen molar-refractivity contribution in [1.29, 1.82) is 0 Å². The minimum absolute atomic E-state index is 0.488. The standard InChI is InChI=1S/C17H31N3/c1-5-11-20-13-15(12-19-20)16(18-6-2)14-7-9-17(3,4)10-8-14/h12-14,16,18H,5-11H2,1-4H3. The van der Waals surface area contributed by atoms with Crippen LogP contribution in [0.15, 0.2) is 12.4 Å². The highest BCUT2D eigenvalue weighted by Gasteiger charge is 2.32. The maximum absolute atomic E-state index is 4.51. The van der Waals surface area contributed by atoms with Gasteiger partial charge in [-0.1, -0.05) is 27.7 Å². The fourth-order valence-corrected chi connectivity index (χ4v) is 3.42. The van der Waals surface area contributed by atoms with Crippen LogP contribution in [0, 0.1) is 11.3 Å². The molecule has 1 fully saturated rings. The van der Waals surface area contributed by atoms with E-state index in [1.807, 2.05) is 0 Å². The van der Waals surface area contributed by atoms with Gasteiger partial charge in [-0.3, -0.25) is 4.68 Å². The smallest absolute Gasteiger partial charge is 0.0537 e. The van der Waals surface area contributed by atoms with Gasteiger partial charge in [-0.2, -0.15) is 5.10 Å². The maximum Gasteiger partial charge on any atom is 0.0537 e. The molecule has 0 amide bonds. The molecule has 1 heterocycles. The zero-order chi connectivity index (χ0) is 14.6. The first-order chi connectivity index (χ1) is 9.55. The second-order valence-corrected chi connectivity index (χ2v) is 7.07. The Kier molecular flexibility index (Phi) is 5.25. The number of hydrogen-bond donors (Lipinski definition) is 1. The maximum atomic E-state index is 4.51. The normalized spacial score (nSPS) is 21.0. The lowest BCUT2D eigenvalue weighted by Gasteiger charge is -2.38. The van der Waals surface area contributed by atoms with Gasteiger partial charge in [-0.25, -0.2) is 0 Å². The summed E-state index contributed by atoms with van der Waals surface area (Å²) in [5.41, 5.74) is 1.92. The first-order valence-corrected chi connectivity index (χ1v) is 8.31. The van der Waals surface area contributed by atoms with Crippen molar-refractivity contribution in [2.45, 2.75) is 72.4 Å². The minimum atomic E-state index is 0.488. The van der Waals surface area contributed by atoms with E-state index in [1.165, 1.54) is 31.2 Å². The Bertz CT molecular complexity index is 398. The molecule has 0 saturated heterocycles. The van der Waals surface area contributed by atoms with Gasteiger partial charge in [0.1, 0.15) is 0 Å². The molecule has 0 spiro atoms. The van der Waals surface area contributed by atoms with E-state index in [0.29, 0.717) is 11.5 Å². The van der Waals surface area contributed by atoms with E-state index in [1.54, 1.807) is 0 Å². The van der Waals surface area contributed by atoms with Crippen LogP contribution in [0.5, 0.6) is 0 Å². The molecule has 1 aromatic rings. The van der Waals surface area contributed by atoms with Crippen LogP contribution in [0.1, 0.15) is 71.4 Å². The summed E-state index contributed by atoms with van der Waals surface area (Å²) < 4.78 is 2.09. The van der Waals surface area contributed by atoms with E-state index in [9.17, 15) is 0 Å². The second kappa shape index (κ2) is 6.75. The van der Waals surface area contributed by atoms with Crippen molar-refractivity contribution < 1.29 is 0 Å².